The molecule has 22 heavy (non-hydrogen) atoms. The van der Waals surface area contributed by atoms with E-state index in [1.807, 2.05) is 0 Å². The summed E-state index contributed by atoms with van der Waals surface area (Å²) in [5.41, 5.74) is 7.14. The van der Waals surface area contributed by atoms with Crippen LogP contribution in [-0.4, -0.2) is 17.0 Å². The summed E-state index contributed by atoms with van der Waals surface area (Å²) in [7, 11) is 0. The fraction of sp³-hybridized carbons (Fsp3) is 0.400. The van der Waals surface area contributed by atoms with E-state index in [9.17, 15) is 9.59 Å². The number of hydrogen-bond donors (Lipinski definition) is 2. The van der Waals surface area contributed by atoms with Crippen molar-refractivity contribution in [2.75, 3.05) is 5.32 Å². The van der Waals surface area contributed by atoms with Crippen LogP contribution in [-0.2, 0) is 12.8 Å². The van der Waals surface area contributed by atoms with Crippen LogP contribution in [0.5, 0.6) is 0 Å². The van der Waals surface area contributed by atoms with Crippen LogP contribution in [0.4, 0.5) is 5.00 Å². The lowest BCUT2D eigenvalue weighted by Crippen LogP contribution is -2.19. The molecule has 3 N–H and O–H groups in total. The van der Waals surface area contributed by atoms with Gasteiger partial charge in [-0.15, -0.1) is 11.3 Å². The zero-order valence-electron chi connectivity index (χ0n) is 12.4. The summed E-state index contributed by atoms with van der Waals surface area (Å²) in [5.74, 6) is 0.234. The van der Waals surface area contributed by atoms with Gasteiger partial charge >= 0.3 is 0 Å². The minimum absolute atomic E-state index is 0.188. The third-order valence-corrected chi connectivity index (χ3v) is 5.02. The summed E-state index contributed by atoms with van der Waals surface area (Å²) in [6.07, 6.45) is 2.77. The van der Waals surface area contributed by atoms with Crippen LogP contribution < -0.4 is 11.1 Å². The van der Waals surface area contributed by atoms with Gasteiger partial charge < -0.3 is 15.6 Å². The van der Waals surface area contributed by atoms with Crippen molar-refractivity contribution >= 4 is 28.2 Å². The predicted octanol–water partition coefficient (Wildman–Crippen LogP) is 2.52. The molecule has 116 valence electrons. The molecule has 1 unspecified atom stereocenters. The maximum atomic E-state index is 12.2. The molecule has 0 saturated heterocycles. The van der Waals surface area contributed by atoms with Crippen molar-refractivity contribution in [1.29, 1.82) is 0 Å². The smallest absolute Gasteiger partial charge is 0.278 e. The summed E-state index contributed by atoms with van der Waals surface area (Å²) in [4.78, 5) is 25.1. The molecule has 2 amide bonds. The second-order valence-corrected chi connectivity index (χ2v) is 6.80. The maximum absolute atomic E-state index is 12.2. The van der Waals surface area contributed by atoms with Gasteiger partial charge in [-0.1, -0.05) is 12.1 Å². The highest BCUT2D eigenvalue weighted by Crippen LogP contribution is 2.39. The Kier molecular flexibility index (Phi) is 3.74. The Hall–Kier alpha value is -2.15. The number of anilines is 1. The summed E-state index contributed by atoms with van der Waals surface area (Å²) in [6.45, 7) is 3.90. The number of aromatic nitrogens is 1. The lowest BCUT2D eigenvalue weighted by Gasteiger charge is -2.18. The highest BCUT2D eigenvalue weighted by Gasteiger charge is 2.27. The zero-order chi connectivity index (χ0) is 15.9. The zero-order valence-corrected chi connectivity index (χ0v) is 13.3. The minimum Gasteiger partial charge on any atom is -0.365 e. The van der Waals surface area contributed by atoms with E-state index in [1.54, 1.807) is 13.0 Å². The Labute approximate surface area is 131 Å². The van der Waals surface area contributed by atoms with Gasteiger partial charge in [0, 0.05) is 10.9 Å². The Morgan fingerprint density at radius 1 is 1.50 bits per heavy atom. The van der Waals surface area contributed by atoms with Gasteiger partial charge in [0.2, 0.25) is 0 Å². The first-order valence-electron chi connectivity index (χ1n) is 7.14. The molecule has 1 atom stereocenters. The second-order valence-electron chi connectivity index (χ2n) is 5.70. The normalized spacial score (nSPS) is 17.1. The Balaban J connectivity index is 1.93. The number of nitrogens with zero attached hydrogens (tertiary/aromatic N) is 1. The summed E-state index contributed by atoms with van der Waals surface area (Å²) >= 11 is 1.43. The molecule has 0 aliphatic heterocycles. The van der Waals surface area contributed by atoms with E-state index in [4.69, 9.17) is 10.3 Å². The molecule has 6 nitrogen and oxygen atoms in total. The van der Waals surface area contributed by atoms with Gasteiger partial charge in [0.05, 0.1) is 5.56 Å². The van der Waals surface area contributed by atoms with Crippen molar-refractivity contribution < 1.29 is 14.1 Å². The molecule has 0 spiro atoms. The van der Waals surface area contributed by atoms with Gasteiger partial charge in [0.1, 0.15) is 10.8 Å². The van der Waals surface area contributed by atoms with Gasteiger partial charge in [0.25, 0.3) is 11.8 Å². The molecule has 0 aromatic carbocycles. The molecule has 7 heteroatoms. The van der Waals surface area contributed by atoms with Crippen LogP contribution in [0.25, 0.3) is 0 Å². The van der Waals surface area contributed by atoms with Crippen LogP contribution in [0.15, 0.2) is 10.6 Å². The number of rotatable bonds is 3. The van der Waals surface area contributed by atoms with Gasteiger partial charge in [-0.25, -0.2) is 0 Å². The molecule has 1 aliphatic rings. The molecule has 0 bridgehead atoms. The molecule has 3 rings (SSSR count). The van der Waals surface area contributed by atoms with Crippen LogP contribution in [0.2, 0.25) is 0 Å². The van der Waals surface area contributed by atoms with Crippen molar-refractivity contribution in [3.8, 4) is 0 Å². The highest BCUT2D eigenvalue weighted by molar-refractivity contribution is 7.17. The van der Waals surface area contributed by atoms with E-state index >= 15 is 0 Å². The van der Waals surface area contributed by atoms with Crippen LogP contribution in [0, 0.1) is 12.8 Å². The third kappa shape index (κ3) is 2.64. The van der Waals surface area contributed by atoms with Crippen molar-refractivity contribution in [2.24, 2.45) is 11.7 Å². The van der Waals surface area contributed by atoms with Crippen molar-refractivity contribution in [3.05, 3.63) is 33.5 Å². The first kappa shape index (κ1) is 14.8. The number of thiophene rings is 1. The topological polar surface area (TPSA) is 98.2 Å². The number of nitrogens with one attached hydrogen (secondary N) is 1. The van der Waals surface area contributed by atoms with E-state index in [-0.39, 0.29) is 5.69 Å². The molecular formula is C15H17N3O3S. The van der Waals surface area contributed by atoms with Gasteiger partial charge in [0.15, 0.2) is 5.69 Å². The van der Waals surface area contributed by atoms with Crippen molar-refractivity contribution in [2.45, 2.75) is 33.1 Å². The average Bonchev–Trinajstić information content (AvgIpc) is 3.01. The minimum atomic E-state index is -0.501. The Bertz CT molecular complexity index is 747. The fourth-order valence-corrected chi connectivity index (χ4v) is 4.15. The van der Waals surface area contributed by atoms with Crippen LogP contribution in [0.3, 0.4) is 0 Å². The molecule has 2 aromatic heterocycles. The first-order chi connectivity index (χ1) is 10.5. The first-order valence-corrected chi connectivity index (χ1v) is 7.96. The van der Waals surface area contributed by atoms with Gasteiger partial charge in [-0.2, -0.15) is 0 Å². The quantitative estimate of drug-likeness (QED) is 0.908. The van der Waals surface area contributed by atoms with Gasteiger partial charge in [-0.3, -0.25) is 9.59 Å². The maximum Gasteiger partial charge on any atom is 0.278 e. The second kappa shape index (κ2) is 5.57. The fourth-order valence-electron chi connectivity index (χ4n) is 2.74. The highest BCUT2D eigenvalue weighted by atomic mass is 32.1. The molecule has 0 saturated carbocycles. The Morgan fingerprint density at radius 2 is 2.27 bits per heavy atom. The van der Waals surface area contributed by atoms with E-state index < -0.39 is 11.8 Å². The largest absolute Gasteiger partial charge is 0.365 e. The molecule has 1 aliphatic carbocycles. The van der Waals surface area contributed by atoms with E-state index in [1.165, 1.54) is 11.3 Å². The van der Waals surface area contributed by atoms with E-state index in [2.05, 4.69) is 17.4 Å². The van der Waals surface area contributed by atoms with Crippen LogP contribution in [0.1, 0.15) is 50.4 Å². The standard InChI is InChI=1S/C15H17N3O3S/c1-7-3-4-9-11(5-7)22-15(12(9)13(16)19)17-14(20)10-6-8(2)21-18-10/h6-7H,3-5H2,1-2H3,(H2,16,19)(H,17,20). The Morgan fingerprint density at radius 3 is 2.91 bits per heavy atom. The number of hydrogen-bond acceptors (Lipinski definition) is 5. The summed E-state index contributed by atoms with van der Waals surface area (Å²) in [6, 6.07) is 1.55. The molecule has 0 radical (unpaired) electrons. The van der Waals surface area contributed by atoms with E-state index in [0.29, 0.717) is 22.2 Å². The predicted molar refractivity (Wildman–Crippen MR) is 83.2 cm³/mol. The summed E-state index contributed by atoms with van der Waals surface area (Å²) in [5, 5.41) is 6.94. The number of aryl methyl sites for hydroxylation is 1. The van der Waals surface area contributed by atoms with Crippen molar-refractivity contribution in [1.82, 2.24) is 5.16 Å². The van der Waals surface area contributed by atoms with E-state index in [0.717, 1.165) is 29.7 Å². The average molecular weight is 319 g/mol. The summed E-state index contributed by atoms with van der Waals surface area (Å²) < 4.78 is 4.90. The lowest BCUT2D eigenvalue weighted by molar-refractivity contribution is 0.1000. The number of primary amides is 1. The molecule has 2 aromatic rings. The molecule has 2 heterocycles. The number of fused-ring (bicyclic) bond motifs is 1. The number of carbonyl (C=O) groups is 2. The van der Waals surface area contributed by atoms with Crippen LogP contribution >= 0.6 is 11.3 Å². The molecule has 0 fully saturated rings. The monoisotopic (exact) mass is 319 g/mol. The van der Waals surface area contributed by atoms with Crippen molar-refractivity contribution in [3.63, 3.8) is 0 Å². The number of nitrogens with two attached hydrogens (primary N) is 1. The SMILES string of the molecule is Cc1cc(C(=O)Nc2sc3c(c2C(N)=O)CCC(C)C3)no1. The lowest BCUT2D eigenvalue weighted by atomic mass is 9.88. The van der Waals surface area contributed by atoms with Gasteiger partial charge in [-0.05, 0) is 37.7 Å². The third-order valence-electron chi connectivity index (χ3n) is 3.85. The number of amides is 2. The molecular weight excluding hydrogens is 302 g/mol. The number of carbonyl (C=O) groups excluding carboxylic acids is 2.